The molecule has 0 unspecified atom stereocenters. The van der Waals surface area contributed by atoms with E-state index in [0.29, 0.717) is 17.3 Å². The molecule has 4 nitrogen and oxygen atoms in total. The maximum atomic E-state index is 11.7. The van der Waals surface area contributed by atoms with Crippen LogP contribution in [-0.4, -0.2) is 22.6 Å². The zero-order valence-corrected chi connectivity index (χ0v) is 12.8. The molecule has 1 aromatic heterocycles. The van der Waals surface area contributed by atoms with Crippen molar-refractivity contribution in [3.05, 3.63) is 51.0 Å². The number of halogens is 2. The fourth-order valence-corrected chi connectivity index (χ4v) is 2.49. The molecule has 0 amide bonds. The highest BCUT2D eigenvalue weighted by atomic mass is 79.9. The molecule has 0 N–H and O–H groups in total. The van der Waals surface area contributed by atoms with Crippen LogP contribution in [0.25, 0.3) is 0 Å². The van der Waals surface area contributed by atoms with Crippen LogP contribution in [0.2, 0.25) is 5.02 Å². The van der Waals surface area contributed by atoms with Crippen molar-refractivity contribution in [3.8, 4) is 0 Å². The summed E-state index contributed by atoms with van der Waals surface area (Å²) in [7, 11) is 1.35. The molecule has 0 fully saturated rings. The summed E-state index contributed by atoms with van der Waals surface area (Å²) in [5, 5.41) is 0.637. The standard InChI is InChI=1S/C13H12BrClN2O2/c1-8-16-6-12(13(18)19-2)17(8)7-9-3-4-10(14)5-11(9)15/h3-6H,7H2,1-2H3. The zero-order valence-electron chi connectivity index (χ0n) is 10.5. The first-order valence-electron chi connectivity index (χ1n) is 5.57. The van der Waals surface area contributed by atoms with Gasteiger partial charge in [0.15, 0.2) is 0 Å². The minimum absolute atomic E-state index is 0.408. The molecule has 0 aliphatic carbocycles. The van der Waals surface area contributed by atoms with Gasteiger partial charge in [-0.3, -0.25) is 0 Å². The van der Waals surface area contributed by atoms with Crippen LogP contribution in [0, 0.1) is 6.92 Å². The first-order chi connectivity index (χ1) is 9.02. The molecule has 0 saturated carbocycles. The van der Waals surface area contributed by atoms with Crippen molar-refractivity contribution in [1.29, 1.82) is 0 Å². The molecular weight excluding hydrogens is 332 g/mol. The van der Waals surface area contributed by atoms with Crippen molar-refractivity contribution in [2.24, 2.45) is 0 Å². The Bertz CT molecular complexity index is 625. The van der Waals surface area contributed by atoms with Gasteiger partial charge in [0.25, 0.3) is 0 Å². The summed E-state index contributed by atoms with van der Waals surface area (Å²) in [6.07, 6.45) is 1.51. The molecule has 1 heterocycles. The van der Waals surface area contributed by atoms with E-state index < -0.39 is 5.97 Å². The van der Waals surface area contributed by atoms with E-state index in [4.69, 9.17) is 16.3 Å². The summed E-state index contributed by atoms with van der Waals surface area (Å²) in [6, 6.07) is 5.64. The van der Waals surface area contributed by atoms with Gasteiger partial charge < -0.3 is 9.30 Å². The van der Waals surface area contributed by atoms with Crippen LogP contribution in [0.5, 0.6) is 0 Å². The summed E-state index contributed by atoms with van der Waals surface area (Å²) in [4.78, 5) is 15.8. The van der Waals surface area contributed by atoms with Crippen LogP contribution < -0.4 is 0 Å². The third-order valence-electron chi connectivity index (χ3n) is 2.79. The average Bonchev–Trinajstić information content (AvgIpc) is 2.73. The number of methoxy groups -OCH3 is 1. The normalized spacial score (nSPS) is 10.5. The number of esters is 1. The van der Waals surface area contributed by atoms with Gasteiger partial charge in [-0.1, -0.05) is 33.6 Å². The van der Waals surface area contributed by atoms with Crippen LogP contribution in [0.1, 0.15) is 21.9 Å². The maximum absolute atomic E-state index is 11.7. The van der Waals surface area contributed by atoms with E-state index in [-0.39, 0.29) is 0 Å². The van der Waals surface area contributed by atoms with Crippen LogP contribution in [-0.2, 0) is 11.3 Å². The predicted octanol–water partition coefficient (Wildman–Crippen LogP) is 3.44. The third kappa shape index (κ3) is 2.98. The van der Waals surface area contributed by atoms with E-state index in [1.807, 2.05) is 25.1 Å². The second kappa shape index (κ2) is 5.75. The first kappa shape index (κ1) is 14.1. The average molecular weight is 344 g/mol. The largest absolute Gasteiger partial charge is 0.464 e. The molecule has 0 bridgehead atoms. The van der Waals surface area contributed by atoms with Crippen molar-refractivity contribution in [2.75, 3.05) is 7.11 Å². The Morgan fingerprint density at radius 3 is 2.89 bits per heavy atom. The predicted molar refractivity (Wildman–Crippen MR) is 76.6 cm³/mol. The lowest BCUT2D eigenvalue weighted by atomic mass is 10.2. The Morgan fingerprint density at radius 1 is 1.53 bits per heavy atom. The van der Waals surface area contributed by atoms with E-state index in [2.05, 4.69) is 20.9 Å². The van der Waals surface area contributed by atoms with Gasteiger partial charge in [0.2, 0.25) is 0 Å². The lowest BCUT2D eigenvalue weighted by Crippen LogP contribution is -2.12. The molecule has 100 valence electrons. The molecule has 2 rings (SSSR count). The van der Waals surface area contributed by atoms with E-state index >= 15 is 0 Å². The SMILES string of the molecule is COC(=O)c1cnc(C)n1Cc1ccc(Br)cc1Cl. The van der Waals surface area contributed by atoms with Crippen molar-refractivity contribution in [3.63, 3.8) is 0 Å². The zero-order chi connectivity index (χ0) is 14.0. The molecule has 0 aliphatic rings. The number of carbonyl (C=O) groups excluding carboxylic acids is 1. The molecule has 6 heteroatoms. The van der Waals surface area contributed by atoms with Gasteiger partial charge in [-0.25, -0.2) is 9.78 Å². The second-order valence-electron chi connectivity index (χ2n) is 4.00. The number of imidazole rings is 1. The summed E-state index contributed by atoms with van der Waals surface area (Å²) in [5.74, 6) is 0.327. The van der Waals surface area contributed by atoms with E-state index in [1.54, 1.807) is 4.57 Å². The highest BCUT2D eigenvalue weighted by Gasteiger charge is 2.15. The number of carbonyl (C=O) groups is 1. The van der Waals surface area contributed by atoms with Gasteiger partial charge in [-0.05, 0) is 24.6 Å². The second-order valence-corrected chi connectivity index (χ2v) is 5.33. The van der Waals surface area contributed by atoms with Crippen molar-refractivity contribution in [2.45, 2.75) is 13.5 Å². The van der Waals surface area contributed by atoms with Gasteiger partial charge in [0.1, 0.15) is 11.5 Å². The van der Waals surface area contributed by atoms with E-state index in [9.17, 15) is 4.79 Å². The Kier molecular flexibility index (Phi) is 4.27. The third-order valence-corrected chi connectivity index (χ3v) is 3.64. The number of benzene rings is 1. The monoisotopic (exact) mass is 342 g/mol. The Labute approximate surface area is 124 Å². The highest BCUT2D eigenvalue weighted by molar-refractivity contribution is 9.10. The Hall–Kier alpha value is -1.33. The number of hydrogen-bond donors (Lipinski definition) is 0. The molecule has 2 aromatic rings. The van der Waals surface area contributed by atoms with Gasteiger partial charge in [-0.2, -0.15) is 0 Å². The van der Waals surface area contributed by atoms with E-state index in [0.717, 1.165) is 15.9 Å². The summed E-state index contributed by atoms with van der Waals surface area (Å²) >= 11 is 9.54. The molecule has 0 saturated heterocycles. The van der Waals surface area contributed by atoms with Crippen molar-refractivity contribution >= 4 is 33.5 Å². The molecule has 0 aliphatic heterocycles. The summed E-state index contributed by atoms with van der Waals surface area (Å²) < 4.78 is 7.43. The molecule has 1 aromatic carbocycles. The van der Waals surface area contributed by atoms with Gasteiger partial charge >= 0.3 is 5.97 Å². The van der Waals surface area contributed by atoms with Gasteiger partial charge in [-0.15, -0.1) is 0 Å². The summed E-state index contributed by atoms with van der Waals surface area (Å²) in [6.45, 7) is 2.31. The number of aromatic nitrogens is 2. The maximum Gasteiger partial charge on any atom is 0.356 e. The van der Waals surface area contributed by atoms with Crippen LogP contribution in [0.15, 0.2) is 28.9 Å². The lowest BCUT2D eigenvalue weighted by molar-refractivity contribution is 0.0588. The minimum atomic E-state index is -0.408. The number of hydrogen-bond acceptors (Lipinski definition) is 3. The molecule has 0 radical (unpaired) electrons. The fraction of sp³-hybridized carbons (Fsp3) is 0.231. The number of aryl methyl sites for hydroxylation is 1. The van der Waals surface area contributed by atoms with Crippen molar-refractivity contribution < 1.29 is 9.53 Å². The molecule has 19 heavy (non-hydrogen) atoms. The fourth-order valence-electron chi connectivity index (χ4n) is 1.76. The topological polar surface area (TPSA) is 44.1 Å². The highest BCUT2D eigenvalue weighted by Crippen LogP contribution is 2.23. The minimum Gasteiger partial charge on any atom is -0.464 e. The molecule has 0 spiro atoms. The Balaban J connectivity index is 2.38. The van der Waals surface area contributed by atoms with E-state index in [1.165, 1.54) is 13.3 Å². The smallest absolute Gasteiger partial charge is 0.356 e. The van der Waals surface area contributed by atoms with Crippen LogP contribution in [0.4, 0.5) is 0 Å². The lowest BCUT2D eigenvalue weighted by Gasteiger charge is -2.10. The Morgan fingerprint density at radius 2 is 2.26 bits per heavy atom. The van der Waals surface area contributed by atoms with Gasteiger partial charge in [0, 0.05) is 9.50 Å². The number of rotatable bonds is 3. The quantitative estimate of drug-likeness (QED) is 0.802. The van der Waals surface area contributed by atoms with Crippen LogP contribution in [0.3, 0.4) is 0 Å². The van der Waals surface area contributed by atoms with Crippen LogP contribution >= 0.6 is 27.5 Å². The van der Waals surface area contributed by atoms with Crippen molar-refractivity contribution in [1.82, 2.24) is 9.55 Å². The first-order valence-corrected chi connectivity index (χ1v) is 6.74. The number of nitrogens with zero attached hydrogens (tertiary/aromatic N) is 2. The summed E-state index contributed by atoms with van der Waals surface area (Å²) in [5.41, 5.74) is 1.33. The number of ether oxygens (including phenoxy) is 1. The van der Waals surface area contributed by atoms with Gasteiger partial charge in [0.05, 0.1) is 19.9 Å². The molecule has 0 atom stereocenters. The molecular formula is C13H12BrClN2O2.